The summed E-state index contributed by atoms with van der Waals surface area (Å²) in [4.78, 5) is 17.4. The van der Waals surface area contributed by atoms with Crippen molar-refractivity contribution in [3.05, 3.63) is 54.6 Å². The molecular weight excluding hydrogens is 366 g/mol. The Balaban J connectivity index is 1.51. The molecule has 0 aliphatic heterocycles. The summed E-state index contributed by atoms with van der Waals surface area (Å²) in [6, 6.07) is 18.6. The van der Waals surface area contributed by atoms with Crippen LogP contribution in [0, 0.1) is 11.8 Å². The fraction of sp³-hybridized carbons (Fsp3) is 0.391. The van der Waals surface area contributed by atoms with Crippen LogP contribution in [0.3, 0.4) is 0 Å². The molecule has 1 aliphatic carbocycles. The number of rotatable bonds is 5. The van der Waals surface area contributed by atoms with Crippen molar-refractivity contribution in [2.75, 3.05) is 5.75 Å². The van der Waals surface area contributed by atoms with Gasteiger partial charge in [0.05, 0.1) is 16.8 Å². The molecule has 3 atom stereocenters. The molecule has 4 rings (SSSR count). The number of para-hydroxylation sites is 3. The first-order valence-corrected chi connectivity index (χ1v) is 11.1. The molecule has 146 valence electrons. The van der Waals surface area contributed by atoms with Gasteiger partial charge in [0.2, 0.25) is 5.91 Å². The second-order valence-electron chi connectivity index (χ2n) is 7.78. The first-order valence-electron chi connectivity index (χ1n) is 10.1. The highest BCUT2D eigenvalue weighted by Gasteiger charge is 2.28. The molecule has 0 bridgehead atoms. The van der Waals surface area contributed by atoms with Crippen molar-refractivity contribution < 1.29 is 4.79 Å². The SMILES string of the molecule is CC1CCCC(NC(=O)CSc2nc3ccccc3n2-c2ccccc2)C1C. The molecule has 2 aromatic carbocycles. The number of fused-ring (bicyclic) bond motifs is 1. The van der Waals surface area contributed by atoms with Crippen molar-refractivity contribution >= 4 is 28.7 Å². The fourth-order valence-electron chi connectivity index (χ4n) is 4.09. The molecule has 1 aromatic heterocycles. The van der Waals surface area contributed by atoms with E-state index in [4.69, 9.17) is 4.98 Å². The van der Waals surface area contributed by atoms with E-state index in [1.807, 2.05) is 36.4 Å². The molecule has 5 heteroatoms. The second-order valence-corrected chi connectivity index (χ2v) is 8.73. The lowest BCUT2D eigenvalue weighted by atomic mass is 9.78. The van der Waals surface area contributed by atoms with E-state index in [9.17, 15) is 4.79 Å². The zero-order valence-electron chi connectivity index (χ0n) is 16.5. The topological polar surface area (TPSA) is 46.9 Å². The largest absolute Gasteiger partial charge is 0.352 e. The Labute approximate surface area is 170 Å². The highest BCUT2D eigenvalue weighted by Crippen LogP contribution is 2.30. The predicted molar refractivity (Wildman–Crippen MR) is 116 cm³/mol. The van der Waals surface area contributed by atoms with Crippen LogP contribution in [-0.2, 0) is 4.79 Å². The monoisotopic (exact) mass is 393 g/mol. The van der Waals surface area contributed by atoms with Crippen molar-refractivity contribution in [3.63, 3.8) is 0 Å². The Morgan fingerprint density at radius 3 is 2.68 bits per heavy atom. The molecule has 28 heavy (non-hydrogen) atoms. The van der Waals surface area contributed by atoms with E-state index in [1.54, 1.807) is 0 Å². The van der Waals surface area contributed by atoms with Crippen LogP contribution in [0.2, 0.25) is 0 Å². The van der Waals surface area contributed by atoms with Gasteiger partial charge in [-0.05, 0) is 42.5 Å². The van der Waals surface area contributed by atoms with E-state index in [2.05, 4.69) is 41.9 Å². The fourth-order valence-corrected chi connectivity index (χ4v) is 4.93. The molecule has 3 aromatic rings. The molecular formula is C23H27N3OS. The summed E-state index contributed by atoms with van der Waals surface area (Å²) in [6.07, 6.45) is 3.56. The number of carbonyl (C=O) groups is 1. The maximum atomic E-state index is 12.6. The number of benzene rings is 2. The van der Waals surface area contributed by atoms with Crippen molar-refractivity contribution in [2.45, 2.75) is 44.3 Å². The van der Waals surface area contributed by atoms with Gasteiger partial charge in [-0.2, -0.15) is 0 Å². The molecule has 0 spiro atoms. The van der Waals surface area contributed by atoms with Crippen LogP contribution in [0.5, 0.6) is 0 Å². The van der Waals surface area contributed by atoms with Gasteiger partial charge in [0.25, 0.3) is 0 Å². The van der Waals surface area contributed by atoms with Crippen LogP contribution < -0.4 is 5.32 Å². The van der Waals surface area contributed by atoms with Crippen LogP contribution in [0.1, 0.15) is 33.1 Å². The summed E-state index contributed by atoms with van der Waals surface area (Å²) < 4.78 is 2.14. The minimum absolute atomic E-state index is 0.0996. The van der Waals surface area contributed by atoms with Crippen molar-refractivity contribution in [1.29, 1.82) is 0 Å². The number of hydrogen-bond acceptors (Lipinski definition) is 3. The number of nitrogens with zero attached hydrogens (tertiary/aromatic N) is 2. The Morgan fingerprint density at radius 1 is 1.11 bits per heavy atom. The molecule has 1 aliphatic rings. The lowest BCUT2D eigenvalue weighted by Crippen LogP contribution is -2.44. The number of imidazole rings is 1. The van der Waals surface area contributed by atoms with E-state index in [0.717, 1.165) is 28.3 Å². The van der Waals surface area contributed by atoms with Crippen LogP contribution in [0.25, 0.3) is 16.7 Å². The lowest BCUT2D eigenvalue weighted by molar-refractivity contribution is -0.120. The number of thioether (sulfide) groups is 1. The molecule has 4 nitrogen and oxygen atoms in total. The van der Waals surface area contributed by atoms with Gasteiger partial charge >= 0.3 is 0 Å². The van der Waals surface area contributed by atoms with Gasteiger partial charge in [-0.15, -0.1) is 0 Å². The van der Waals surface area contributed by atoms with Crippen molar-refractivity contribution in [2.24, 2.45) is 11.8 Å². The van der Waals surface area contributed by atoms with Crippen LogP contribution in [0.4, 0.5) is 0 Å². The van der Waals surface area contributed by atoms with E-state index in [-0.39, 0.29) is 5.91 Å². The molecule has 1 fully saturated rings. The maximum Gasteiger partial charge on any atom is 0.230 e. The average molecular weight is 394 g/mol. The van der Waals surface area contributed by atoms with Crippen LogP contribution >= 0.6 is 11.8 Å². The van der Waals surface area contributed by atoms with Gasteiger partial charge in [-0.1, -0.05) is 68.8 Å². The Hall–Kier alpha value is -2.27. The Bertz CT molecular complexity index is 953. The van der Waals surface area contributed by atoms with Gasteiger partial charge < -0.3 is 5.32 Å². The number of nitrogens with one attached hydrogen (secondary N) is 1. The molecule has 1 amide bonds. The van der Waals surface area contributed by atoms with E-state index in [1.165, 1.54) is 24.6 Å². The standard InChI is InChI=1S/C23H27N3OS/c1-16-9-8-13-19(17(16)2)24-22(27)15-28-23-25-20-12-6-7-14-21(20)26(23)18-10-4-3-5-11-18/h3-7,10-12,14,16-17,19H,8-9,13,15H2,1-2H3,(H,24,27). The van der Waals surface area contributed by atoms with Gasteiger partial charge in [0, 0.05) is 11.7 Å². The van der Waals surface area contributed by atoms with Crippen LogP contribution in [-0.4, -0.2) is 27.3 Å². The van der Waals surface area contributed by atoms with E-state index >= 15 is 0 Å². The number of carbonyl (C=O) groups excluding carboxylic acids is 1. The molecule has 1 saturated carbocycles. The van der Waals surface area contributed by atoms with Crippen molar-refractivity contribution in [1.82, 2.24) is 14.9 Å². The zero-order valence-corrected chi connectivity index (χ0v) is 17.3. The number of aromatic nitrogens is 2. The first kappa shape index (κ1) is 19.1. The summed E-state index contributed by atoms with van der Waals surface area (Å²) in [5.74, 6) is 1.70. The quantitative estimate of drug-likeness (QED) is 0.617. The highest BCUT2D eigenvalue weighted by molar-refractivity contribution is 7.99. The summed E-state index contributed by atoms with van der Waals surface area (Å²) in [7, 11) is 0. The third kappa shape index (κ3) is 3.95. The smallest absolute Gasteiger partial charge is 0.230 e. The van der Waals surface area contributed by atoms with Gasteiger partial charge in [0.15, 0.2) is 5.16 Å². The summed E-state index contributed by atoms with van der Waals surface area (Å²) in [5.41, 5.74) is 3.07. The van der Waals surface area contributed by atoms with Gasteiger partial charge in [-0.3, -0.25) is 9.36 Å². The third-order valence-electron chi connectivity index (χ3n) is 5.93. The summed E-state index contributed by atoms with van der Waals surface area (Å²) >= 11 is 1.51. The molecule has 0 radical (unpaired) electrons. The van der Waals surface area contributed by atoms with Crippen LogP contribution in [0.15, 0.2) is 59.8 Å². The molecule has 3 unspecified atom stereocenters. The summed E-state index contributed by atoms with van der Waals surface area (Å²) in [6.45, 7) is 4.55. The van der Waals surface area contributed by atoms with Crippen molar-refractivity contribution in [3.8, 4) is 5.69 Å². The molecule has 1 N–H and O–H groups in total. The average Bonchev–Trinajstić information content (AvgIpc) is 3.09. The molecule has 0 saturated heterocycles. The highest BCUT2D eigenvalue weighted by atomic mass is 32.2. The Kier molecular flexibility index (Phi) is 5.72. The minimum Gasteiger partial charge on any atom is -0.352 e. The zero-order chi connectivity index (χ0) is 19.5. The predicted octanol–water partition coefficient (Wildman–Crippen LogP) is 5.06. The van der Waals surface area contributed by atoms with Gasteiger partial charge in [0.1, 0.15) is 0 Å². The Morgan fingerprint density at radius 2 is 1.86 bits per heavy atom. The number of amides is 1. The van der Waals surface area contributed by atoms with E-state index in [0.29, 0.717) is 23.6 Å². The van der Waals surface area contributed by atoms with E-state index < -0.39 is 0 Å². The lowest BCUT2D eigenvalue weighted by Gasteiger charge is -2.34. The summed E-state index contributed by atoms with van der Waals surface area (Å²) in [5, 5.41) is 4.12. The second kappa shape index (κ2) is 8.39. The minimum atomic E-state index is 0.0996. The third-order valence-corrected chi connectivity index (χ3v) is 6.87. The molecule has 1 heterocycles. The number of hydrogen-bond donors (Lipinski definition) is 1. The first-order chi connectivity index (χ1) is 13.6. The normalized spacial score (nSPS) is 22.3. The van der Waals surface area contributed by atoms with Gasteiger partial charge in [-0.25, -0.2) is 4.98 Å². The maximum absolute atomic E-state index is 12.6.